The van der Waals surface area contributed by atoms with Gasteiger partial charge in [-0.3, -0.25) is 9.69 Å². The minimum Gasteiger partial charge on any atom is -0.349 e. The third kappa shape index (κ3) is 4.12. The number of anilines is 1. The van der Waals surface area contributed by atoms with Crippen molar-refractivity contribution in [2.24, 2.45) is 0 Å². The Morgan fingerprint density at radius 3 is 2.83 bits per heavy atom. The molecule has 1 aromatic rings. The third-order valence-corrected chi connectivity index (χ3v) is 4.63. The molecule has 0 saturated carbocycles. The van der Waals surface area contributed by atoms with Crippen molar-refractivity contribution in [3.63, 3.8) is 0 Å². The first-order valence-corrected chi connectivity index (χ1v) is 8.31. The second-order valence-corrected chi connectivity index (χ2v) is 6.51. The normalized spacial score (nSPS) is 23.4. The number of rotatable bonds is 3. The zero-order chi connectivity index (χ0) is 16.4. The van der Waals surface area contributed by atoms with Gasteiger partial charge in [-0.15, -0.1) is 12.4 Å². The molecule has 6 nitrogen and oxygen atoms in total. The van der Waals surface area contributed by atoms with Crippen LogP contribution in [0.25, 0.3) is 0 Å². The molecule has 132 valence electrons. The van der Waals surface area contributed by atoms with E-state index in [2.05, 4.69) is 22.9 Å². The molecule has 3 rings (SSSR count). The number of amides is 3. The number of piperidine rings is 1. The van der Waals surface area contributed by atoms with Crippen molar-refractivity contribution >= 4 is 41.6 Å². The lowest BCUT2D eigenvalue weighted by Gasteiger charge is -2.28. The van der Waals surface area contributed by atoms with Crippen LogP contribution in [0.2, 0.25) is 5.02 Å². The molecule has 3 amide bonds. The van der Waals surface area contributed by atoms with E-state index in [1.165, 1.54) is 0 Å². The van der Waals surface area contributed by atoms with Crippen LogP contribution in [0.1, 0.15) is 30.1 Å². The average molecular weight is 373 g/mol. The number of hydrogen-bond donors (Lipinski definition) is 3. The molecule has 0 aromatic heterocycles. The summed E-state index contributed by atoms with van der Waals surface area (Å²) in [6.07, 6.45) is 1.84. The summed E-state index contributed by atoms with van der Waals surface area (Å²) in [6, 6.07) is 5.45. The van der Waals surface area contributed by atoms with Gasteiger partial charge in [0.05, 0.1) is 10.7 Å². The zero-order valence-corrected chi connectivity index (χ0v) is 15.0. The largest absolute Gasteiger partial charge is 0.349 e. The van der Waals surface area contributed by atoms with Crippen LogP contribution >= 0.6 is 24.0 Å². The van der Waals surface area contributed by atoms with Crippen LogP contribution in [-0.4, -0.2) is 43.7 Å². The first-order chi connectivity index (χ1) is 11.0. The highest BCUT2D eigenvalue weighted by molar-refractivity contribution is 6.34. The lowest BCUT2D eigenvalue weighted by atomic mass is 10.00. The van der Waals surface area contributed by atoms with E-state index < -0.39 is 0 Å². The Balaban J connectivity index is 0.00000208. The molecule has 8 heteroatoms. The number of carbonyl (C=O) groups excluding carboxylic acids is 2. The van der Waals surface area contributed by atoms with E-state index in [0.29, 0.717) is 35.4 Å². The highest BCUT2D eigenvalue weighted by Crippen LogP contribution is 2.28. The molecule has 1 aromatic carbocycles. The molecule has 2 aliphatic rings. The molecule has 0 spiro atoms. The van der Waals surface area contributed by atoms with Crippen LogP contribution in [0.5, 0.6) is 0 Å². The summed E-state index contributed by atoms with van der Waals surface area (Å²) in [5.41, 5.74) is 1.10. The highest BCUT2D eigenvalue weighted by atomic mass is 35.5. The van der Waals surface area contributed by atoms with Gasteiger partial charge in [-0.2, -0.15) is 0 Å². The minimum absolute atomic E-state index is 0. The zero-order valence-electron chi connectivity index (χ0n) is 13.5. The monoisotopic (exact) mass is 372 g/mol. The van der Waals surface area contributed by atoms with Crippen molar-refractivity contribution in [3.8, 4) is 0 Å². The summed E-state index contributed by atoms with van der Waals surface area (Å²) in [7, 11) is 0. The van der Waals surface area contributed by atoms with Crippen LogP contribution in [-0.2, 0) is 0 Å². The van der Waals surface area contributed by atoms with Gasteiger partial charge in [-0.25, -0.2) is 4.79 Å². The average Bonchev–Trinajstić information content (AvgIpc) is 2.93. The van der Waals surface area contributed by atoms with Crippen molar-refractivity contribution in [2.75, 3.05) is 24.5 Å². The quantitative estimate of drug-likeness (QED) is 0.760. The van der Waals surface area contributed by atoms with Crippen molar-refractivity contribution in [1.82, 2.24) is 16.0 Å². The predicted molar refractivity (Wildman–Crippen MR) is 97.4 cm³/mol. The van der Waals surface area contributed by atoms with Crippen molar-refractivity contribution < 1.29 is 9.59 Å². The second-order valence-electron chi connectivity index (χ2n) is 6.10. The standard InChI is InChI=1S/C16H21ClN4O2.ClH/c1-10-8-12(4-5-18-10)20-15(22)11-2-3-13(17)14(9-11)21-7-6-19-16(21)23;/h2-3,9-10,12,18H,4-8H2,1H3,(H,19,23)(H,20,22);1H. The molecule has 2 aliphatic heterocycles. The maximum Gasteiger partial charge on any atom is 0.322 e. The van der Waals surface area contributed by atoms with Gasteiger partial charge in [0.15, 0.2) is 0 Å². The first kappa shape index (κ1) is 18.8. The van der Waals surface area contributed by atoms with Gasteiger partial charge in [0.2, 0.25) is 0 Å². The van der Waals surface area contributed by atoms with Gasteiger partial charge >= 0.3 is 6.03 Å². The van der Waals surface area contributed by atoms with Gasteiger partial charge in [-0.1, -0.05) is 11.6 Å². The molecule has 2 saturated heterocycles. The van der Waals surface area contributed by atoms with Crippen LogP contribution in [0.15, 0.2) is 18.2 Å². The fourth-order valence-electron chi connectivity index (χ4n) is 3.09. The molecule has 2 heterocycles. The summed E-state index contributed by atoms with van der Waals surface area (Å²) in [5, 5.41) is 9.64. The Hall–Kier alpha value is -1.50. The van der Waals surface area contributed by atoms with E-state index in [4.69, 9.17) is 11.6 Å². The fourth-order valence-corrected chi connectivity index (χ4v) is 3.31. The Kier molecular flexibility index (Phi) is 6.32. The second kappa shape index (κ2) is 8.05. The lowest BCUT2D eigenvalue weighted by Crippen LogP contribution is -2.46. The van der Waals surface area contributed by atoms with Crippen LogP contribution in [0.3, 0.4) is 0 Å². The van der Waals surface area contributed by atoms with Gasteiger partial charge in [0, 0.05) is 30.7 Å². The maximum atomic E-state index is 12.5. The summed E-state index contributed by atoms with van der Waals surface area (Å²) >= 11 is 6.20. The van der Waals surface area contributed by atoms with Crippen LogP contribution in [0.4, 0.5) is 10.5 Å². The summed E-state index contributed by atoms with van der Waals surface area (Å²) in [5.74, 6) is -0.123. The van der Waals surface area contributed by atoms with E-state index in [0.717, 1.165) is 19.4 Å². The molecular weight excluding hydrogens is 351 g/mol. The predicted octanol–water partition coefficient (Wildman–Crippen LogP) is 2.16. The molecule has 0 radical (unpaired) electrons. The molecule has 2 atom stereocenters. The van der Waals surface area contributed by atoms with Gasteiger partial charge < -0.3 is 16.0 Å². The first-order valence-electron chi connectivity index (χ1n) is 7.94. The topological polar surface area (TPSA) is 73.5 Å². The number of halogens is 2. The number of benzene rings is 1. The van der Waals surface area contributed by atoms with Gasteiger partial charge in [0.25, 0.3) is 5.91 Å². The lowest BCUT2D eigenvalue weighted by molar-refractivity contribution is 0.0925. The Bertz CT molecular complexity index is 626. The van der Waals surface area contributed by atoms with Crippen molar-refractivity contribution in [2.45, 2.75) is 31.8 Å². The van der Waals surface area contributed by atoms with Crippen LogP contribution in [0, 0.1) is 0 Å². The smallest absolute Gasteiger partial charge is 0.322 e. The minimum atomic E-state index is -0.184. The number of urea groups is 1. The maximum absolute atomic E-state index is 12.5. The van der Waals surface area contributed by atoms with Gasteiger partial charge in [-0.05, 0) is 44.5 Å². The number of nitrogens with zero attached hydrogens (tertiary/aromatic N) is 1. The molecule has 24 heavy (non-hydrogen) atoms. The number of carbonyl (C=O) groups is 2. The van der Waals surface area contributed by atoms with Crippen molar-refractivity contribution in [3.05, 3.63) is 28.8 Å². The third-order valence-electron chi connectivity index (χ3n) is 4.31. The van der Waals surface area contributed by atoms with E-state index in [-0.39, 0.29) is 30.4 Å². The van der Waals surface area contributed by atoms with E-state index in [1.54, 1.807) is 23.1 Å². The number of nitrogens with one attached hydrogen (secondary N) is 3. The highest BCUT2D eigenvalue weighted by Gasteiger charge is 2.25. The molecular formula is C16H22Cl2N4O2. The molecule has 2 fully saturated rings. The van der Waals surface area contributed by atoms with Crippen LogP contribution < -0.4 is 20.9 Å². The van der Waals surface area contributed by atoms with Gasteiger partial charge in [0.1, 0.15) is 0 Å². The number of hydrogen-bond acceptors (Lipinski definition) is 3. The molecule has 2 unspecified atom stereocenters. The Morgan fingerprint density at radius 2 is 2.17 bits per heavy atom. The summed E-state index contributed by atoms with van der Waals surface area (Å²) < 4.78 is 0. The van der Waals surface area contributed by atoms with E-state index in [1.807, 2.05) is 0 Å². The SMILES string of the molecule is CC1CC(NC(=O)c2ccc(Cl)c(N3CCNC3=O)c2)CCN1.Cl. The molecule has 0 bridgehead atoms. The Morgan fingerprint density at radius 1 is 1.38 bits per heavy atom. The molecule has 3 N–H and O–H groups in total. The summed E-state index contributed by atoms with van der Waals surface area (Å²) in [4.78, 5) is 25.9. The van der Waals surface area contributed by atoms with E-state index >= 15 is 0 Å². The molecule has 0 aliphatic carbocycles. The fraction of sp³-hybridized carbons (Fsp3) is 0.500. The Labute approximate surface area is 152 Å². The summed E-state index contributed by atoms with van der Waals surface area (Å²) in [6.45, 7) is 4.16. The van der Waals surface area contributed by atoms with E-state index in [9.17, 15) is 9.59 Å². The van der Waals surface area contributed by atoms with Crippen molar-refractivity contribution in [1.29, 1.82) is 0 Å².